The maximum atomic E-state index is 6.59. The first-order valence-corrected chi connectivity index (χ1v) is 10.8. The molecule has 0 aliphatic heterocycles. The first kappa shape index (κ1) is 21.2. The van der Waals surface area contributed by atoms with Crippen LogP contribution >= 0.6 is 0 Å². The van der Waals surface area contributed by atoms with Gasteiger partial charge in [-0.25, -0.2) is 0 Å². The molecule has 1 nitrogen and oxygen atoms in total. The summed E-state index contributed by atoms with van der Waals surface area (Å²) in [6.45, 7) is 12.0. The molecule has 3 rings (SSSR count). The van der Waals surface area contributed by atoms with Crippen molar-refractivity contribution >= 4 is 0 Å². The van der Waals surface area contributed by atoms with E-state index in [0.717, 1.165) is 18.6 Å². The first-order chi connectivity index (χ1) is 13.9. The standard InChI is InChI=1S/C28H34O/c1-6-21(2)24-17-18-26(28(3,4)5)25(19-22-13-9-7-10-14-22)27(24)29-20-23-15-11-8-12-16-23/h7-18,21H,6,19-20H2,1-5H3. The van der Waals surface area contributed by atoms with E-state index in [1.54, 1.807) is 0 Å². The molecule has 0 N–H and O–H groups in total. The van der Waals surface area contributed by atoms with E-state index in [0.29, 0.717) is 12.5 Å². The van der Waals surface area contributed by atoms with Gasteiger partial charge in [-0.15, -0.1) is 0 Å². The molecule has 1 heteroatoms. The lowest BCUT2D eigenvalue weighted by molar-refractivity contribution is 0.297. The average Bonchev–Trinajstić information content (AvgIpc) is 2.72. The van der Waals surface area contributed by atoms with Crippen LogP contribution in [0.15, 0.2) is 72.8 Å². The molecule has 3 aromatic rings. The molecule has 0 amide bonds. The van der Waals surface area contributed by atoms with E-state index in [1.165, 1.54) is 27.8 Å². The zero-order valence-corrected chi connectivity index (χ0v) is 18.5. The largest absolute Gasteiger partial charge is 0.488 e. The molecule has 0 spiro atoms. The van der Waals surface area contributed by atoms with Crippen molar-refractivity contribution in [3.8, 4) is 5.75 Å². The summed E-state index contributed by atoms with van der Waals surface area (Å²) in [4.78, 5) is 0. The van der Waals surface area contributed by atoms with Crippen LogP contribution in [0.2, 0.25) is 0 Å². The summed E-state index contributed by atoms with van der Waals surface area (Å²) in [5.74, 6) is 1.55. The molecule has 0 saturated heterocycles. The summed E-state index contributed by atoms with van der Waals surface area (Å²) in [5.41, 5.74) is 6.61. The molecule has 0 bridgehead atoms. The lowest BCUT2D eigenvalue weighted by atomic mass is 9.79. The maximum Gasteiger partial charge on any atom is 0.127 e. The van der Waals surface area contributed by atoms with Crippen LogP contribution in [0.4, 0.5) is 0 Å². The summed E-state index contributed by atoms with van der Waals surface area (Å²) in [6, 6.07) is 25.8. The summed E-state index contributed by atoms with van der Waals surface area (Å²) in [6.07, 6.45) is 1.99. The van der Waals surface area contributed by atoms with Gasteiger partial charge in [-0.05, 0) is 40.0 Å². The second kappa shape index (κ2) is 9.31. The first-order valence-electron chi connectivity index (χ1n) is 10.8. The van der Waals surface area contributed by atoms with Crippen LogP contribution in [-0.4, -0.2) is 0 Å². The Morgan fingerprint density at radius 3 is 1.93 bits per heavy atom. The highest BCUT2D eigenvalue weighted by molar-refractivity contribution is 5.52. The summed E-state index contributed by atoms with van der Waals surface area (Å²) in [5, 5.41) is 0. The van der Waals surface area contributed by atoms with Gasteiger partial charge in [0.05, 0.1) is 0 Å². The van der Waals surface area contributed by atoms with E-state index in [9.17, 15) is 0 Å². The number of hydrogen-bond acceptors (Lipinski definition) is 1. The molecule has 29 heavy (non-hydrogen) atoms. The molecule has 0 fully saturated rings. The molecular formula is C28H34O. The monoisotopic (exact) mass is 386 g/mol. The van der Waals surface area contributed by atoms with Gasteiger partial charge < -0.3 is 4.74 Å². The number of rotatable bonds is 7. The van der Waals surface area contributed by atoms with Crippen LogP contribution in [0.25, 0.3) is 0 Å². The Balaban J connectivity index is 2.10. The van der Waals surface area contributed by atoms with E-state index in [2.05, 4.69) is 107 Å². The highest BCUT2D eigenvalue weighted by Crippen LogP contribution is 2.40. The van der Waals surface area contributed by atoms with Crippen LogP contribution < -0.4 is 4.74 Å². The van der Waals surface area contributed by atoms with Crippen molar-refractivity contribution in [3.63, 3.8) is 0 Å². The molecule has 0 aromatic heterocycles. The molecule has 1 unspecified atom stereocenters. The fourth-order valence-corrected chi connectivity index (χ4v) is 3.83. The normalized spacial score (nSPS) is 12.6. The molecule has 0 radical (unpaired) electrons. The van der Waals surface area contributed by atoms with Gasteiger partial charge in [0.1, 0.15) is 12.4 Å². The van der Waals surface area contributed by atoms with Gasteiger partial charge in [-0.3, -0.25) is 0 Å². The highest BCUT2D eigenvalue weighted by Gasteiger charge is 2.24. The second-order valence-corrected chi connectivity index (χ2v) is 9.01. The minimum Gasteiger partial charge on any atom is -0.488 e. The van der Waals surface area contributed by atoms with Gasteiger partial charge in [-0.1, -0.05) is 107 Å². The van der Waals surface area contributed by atoms with Crippen LogP contribution in [0.5, 0.6) is 5.75 Å². The van der Waals surface area contributed by atoms with Gasteiger partial charge in [0, 0.05) is 12.0 Å². The maximum absolute atomic E-state index is 6.59. The van der Waals surface area contributed by atoms with Gasteiger partial charge >= 0.3 is 0 Å². The van der Waals surface area contributed by atoms with Crippen molar-refractivity contribution in [1.82, 2.24) is 0 Å². The van der Waals surface area contributed by atoms with E-state index < -0.39 is 0 Å². The molecule has 0 heterocycles. The molecule has 3 aromatic carbocycles. The van der Waals surface area contributed by atoms with E-state index in [1.807, 2.05) is 0 Å². The Kier molecular flexibility index (Phi) is 6.79. The lowest BCUT2D eigenvalue weighted by Gasteiger charge is -2.28. The third-order valence-corrected chi connectivity index (χ3v) is 5.69. The predicted octanol–water partition coefficient (Wildman–Crippen LogP) is 7.67. The minimum absolute atomic E-state index is 0.0585. The van der Waals surface area contributed by atoms with E-state index in [-0.39, 0.29) is 5.41 Å². The summed E-state index contributed by atoms with van der Waals surface area (Å²) < 4.78 is 6.59. The number of ether oxygens (including phenoxy) is 1. The van der Waals surface area contributed by atoms with Crippen molar-refractivity contribution in [2.45, 2.75) is 65.4 Å². The van der Waals surface area contributed by atoms with Crippen LogP contribution in [0.3, 0.4) is 0 Å². The van der Waals surface area contributed by atoms with Crippen molar-refractivity contribution in [2.75, 3.05) is 0 Å². The Labute approximate surface area is 176 Å². The Morgan fingerprint density at radius 2 is 1.38 bits per heavy atom. The Bertz CT molecular complexity index is 904. The molecule has 0 saturated carbocycles. The van der Waals surface area contributed by atoms with Crippen LogP contribution in [0.1, 0.15) is 74.8 Å². The lowest BCUT2D eigenvalue weighted by Crippen LogP contribution is -2.17. The molecule has 0 aliphatic rings. The average molecular weight is 387 g/mol. The van der Waals surface area contributed by atoms with Gasteiger partial charge in [0.15, 0.2) is 0 Å². The Hall–Kier alpha value is -2.54. The predicted molar refractivity (Wildman–Crippen MR) is 124 cm³/mol. The quantitative estimate of drug-likeness (QED) is 0.405. The number of benzene rings is 3. The van der Waals surface area contributed by atoms with Crippen molar-refractivity contribution < 1.29 is 4.74 Å². The van der Waals surface area contributed by atoms with Gasteiger partial charge in [0.2, 0.25) is 0 Å². The van der Waals surface area contributed by atoms with Crippen LogP contribution in [-0.2, 0) is 18.4 Å². The fourth-order valence-electron chi connectivity index (χ4n) is 3.83. The molecule has 152 valence electrons. The van der Waals surface area contributed by atoms with Gasteiger partial charge in [0.25, 0.3) is 0 Å². The van der Waals surface area contributed by atoms with Crippen LogP contribution in [0, 0.1) is 0 Å². The van der Waals surface area contributed by atoms with Crippen molar-refractivity contribution in [1.29, 1.82) is 0 Å². The number of hydrogen-bond donors (Lipinski definition) is 0. The third-order valence-electron chi connectivity index (χ3n) is 5.69. The summed E-state index contributed by atoms with van der Waals surface area (Å²) in [7, 11) is 0. The third kappa shape index (κ3) is 5.29. The SMILES string of the molecule is CCC(C)c1ccc(C(C)(C)C)c(Cc2ccccc2)c1OCc1ccccc1. The minimum atomic E-state index is 0.0585. The molecular weight excluding hydrogens is 352 g/mol. The molecule has 1 atom stereocenters. The van der Waals surface area contributed by atoms with Gasteiger partial charge in [-0.2, -0.15) is 0 Å². The topological polar surface area (TPSA) is 9.23 Å². The van der Waals surface area contributed by atoms with Crippen molar-refractivity contribution in [2.24, 2.45) is 0 Å². The second-order valence-electron chi connectivity index (χ2n) is 9.01. The zero-order valence-electron chi connectivity index (χ0n) is 18.5. The molecule has 0 aliphatic carbocycles. The van der Waals surface area contributed by atoms with E-state index >= 15 is 0 Å². The highest BCUT2D eigenvalue weighted by atomic mass is 16.5. The summed E-state index contributed by atoms with van der Waals surface area (Å²) >= 11 is 0. The van der Waals surface area contributed by atoms with E-state index in [4.69, 9.17) is 4.74 Å². The zero-order chi connectivity index (χ0) is 20.9. The smallest absolute Gasteiger partial charge is 0.127 e. The fraction of sp³-hybridized carbons (Fsp3) is 0.357. The van der Waals surface area contributed by atoms with Crippen molar-refractivity contribution in [3.05, 3.63) is 101 Å². The Morgan fingerprint density at radius 1 is 0.793 bits per heavy atom.